The van der Waals surface area contributed by atoms with Crippen molar-refractivity contribution in [1.29, 1.82) is 0 Å². The summed E-state index contributed by atoms with van der Waals surface area (Å²) in [5.41, 5.74) is 5.63. The van der Waals surface area contributed by atoms with Crippen LogP contribution < -0.4 is 0 Å². The summed E-state index contributed by atoms with van der Waals surface area (Å²) in [6, 6.07) is 24.8. The first-order valence-corrected chi connectivity index (χ1v) is 14.0. The van der Waals surface area contributed by atoms with Crippen LogP contribution >= 0.6 is 0 Å². The highest BCUT2D eigenvalue weighted by Gasteiger charge is 2.50. The lowest BCUT2D eigenvalue weighted by atomic mass is 9.74. The number of hydrogen-bond acceptors (Lipinski definition) is 4. The second-order valence-electron chi connectivity index (χ2n) is 9.86. The van der Waals surface area contributed by atoms with Crippen LogP contribution in [0.2, 0.25) is 0 Å². The zero-order valence-electron chi connectivity index (χ0n) is 21.2. The Bertz CT molecular complexity index is 1350. The van der Waals surface area contributed by atoms with Crippen LogP contribution in [0.1, 0.15) is 22.6 Å². The first-order valence-electron chi connectivity index (χ1n) is 12.5. The normalized spacial score (nSPS) is 23.8. The quantitative estimate of drug-likeness (QED) is 0.445. The van der Waals surface area contributed by atoms with Crippen LogP contribution in [0.4, 0.5) is 0 Å². The van der Waals surface area contributed by atoms with Crippen molar-refractivity contribution in [3.05, 3.63) is 102 Å². The van der Waals surface area contributed by atoms with Crippen molar-refractivity contribution in [3.8, 4) is 11.1 Å². The van der Waals surface area contributed by atoms with Crippen LogP contribution in [-0.4, -0.2) is 63.1 Å². The largest absolute Gasteiger partial charge is 0.383 e. The topological polar surface area (TPSA) is 49.9 Å². The number of methoxy groups -OCH3 is 1. The Labute approximate surface area is 215 Å². The summed E-state index contributed by atoms with van der Waals surface area (Å²) in [4.78, 5) is 2.77. The Morgan fingerprint density at radius 3 is 2.36 bits per heavy atom. The van der Waals surface area contributed by atoms with Crippen molar-refractivity contribution in [2.45, 2.75) is 36.7 Å². The third-order valence-electron chi connectivity index (χ3n) is 7.56. The monoisotopic (exact) mass is 502 g/mol. The van der Waals surface area contributed by atoms with E-state index < -0.39 is 10.0 Å². The molecule has 3 aromatic carbocycles. The SMILES string of the molecule is COC[C@@H]1[C@@H](c2ccc(-c3cccc(C)c3)cc2)C2CN(S(=O)(=O)c3ccccc3C)C/C=C\CN21. The van der Waals surface area contributed by atoms with E-state index in [4.69, 9.17) is 4.74 Å². The minimum atomic E-state index is -3.61. The molecule has 0 bridgehead atoms. The molecule has 1 unspecified atom stereocenters. The summed E-state index contributed by atoms with van der Waals surface area (Å²) in [6.45, 7) is 6.21. The van der Waals surface area contributed by atoms with Gasteiger partial charge in [-0.25, -0.2) is 8.42 Å². The maximum atomic E-state index is 13.7. The molecule has 36 heavy (non-hydrogen) atoms. The van der Waals surface area contributed by atoms with Gasteiger partial charge < -0.3 is 4.74 Å². The number of hydrogen-bond donors (Lipinski definition) is 0. The molecule has 0 radical (unpaired) electrons. The molecule has 5 nitrogen and oxygen atoms in total. The van der Waals surface area contributed by atoms with Gasteiger partial charge in [-0.3, -0.25) is 4.90 Å². The number of ether oxygens (including phenoxy) is 1. The zero-order chi connectivity index (χ0) is 25.3. The third kappa shape index (κ3) is 4.66. The molecule has 188 valence electrons. The van der Waals surface area contributed by atoms with E-state index in [9.17, 15) is 8.42 Å². The Morgan fingerprint density at radius 1 is 0.889 bits per heavy atom. The summed E-state index contributed by atoms with van der Waals surface area (Å²) in [7, 11) is -1.88. The molecule has 2 aliphatic heterocycles. The lowest BCUT2D eigenvalue weighted by Crippen LogP contribution is -2.67. The second-order valence-corrected chi connectivity index (χ2v) is 11.8. The van der Waals surface area contributed by atoms with E-state index in [0.717, 1.165) is 12.1 Å². The fraction of sp³-hybridized carbons (Fsp3) is 0.333. The van der Waals surface area contributed by atoms with Crippen LogP contribution in [0.5, 0.6) is 0 Å². The molecule has 2 heterocycles. The van der Waals surface area contributed by atoms with Crippen molar-refractivity contribution < 1.29 is 13.2 Å². The standard InChI is InChI=1S/C30H34N2O3S/c1-22-9-8-11-26(19-22)24-13-15-25(16-14-24)30-27-20-31(17-6-7-18-32(27)28(30)21-35-3)36(33,34)29-12-5-4-10-23(29)2/h4-16,19,27-28,30H,17-18,20-21H2,1-3H3/b7-6-/t27?,28-,30+/m1/s1. The fourth-order valence-electron chi connectivity index (χ4n) is 5.69. The van der Waals surface area contributed by atoms with Crippen LogP contribution in [0, 0.1) is 13.8 Å². The van der Waals surface area contributed by atoms with Crippen molar-refractivity contribution in [2.75, 3.05) is 33.4 Å². The van der Waals surface area contributed by atoms with E-state index in [-0.39, 0.29) is 18.0 Å². The number of fused-ring (bicyclic) bond motifs is 1. The van der Waals surface area contributed by atoms with Gasteiger partial charge in [0.1, 0.15) is 0 Å². The molecule has 0 aromatic heterocycles. The van der Waals surface area contributed by atoms with Gasteiger partial charge in [-0.2, -0.15) is 4.31 Å². The first-order chi connectivity index (χ1) is 17.4. The van der Waals surface area contributed by atoms with Gasteiger partial charge in [-0.15, -0.1) is 0 Å². The van der Waals surface area contributed by atoms with Gasteiger partial charge in [0.2, 0.25) is 10.0 Å². The predicted molar refractivity (Wildman–Crippen MR) is 145 cm³/mol. The van der Waals surface area contributed by atoms with E-state index >= 15 is 0 Å². The number of sulfonamides is 1. The Kier molecular flexibility index (Phi) is 7.13. The molecular formula is C30H34N2O3S. The molecule has 3 aromatic rings. The van der Waals surface area contributed by atoms with Crippen LogP contribution in [-0.2, 0) is 14.8 Å². The first kappa shape index (κ1) is 24.9. The van der Waals surface area contributed by atoms with Crippen molar-refractivity contribution >= 4 is 10.0 Å². The molecule has 0 spiro atoms. The van der Waals surface area contributed by atoms with E-state index in [0.29, 0.717) is 24.6 Å². The molecule has 3 atom stereocenters. The zero-order valence-corrected chi connectivity index (χ0v) is 22.0. The van der Waals surface area contributed by atoms with Crippen molar-refractivity contribution in [1.82, 2.24) is 9.21 Å². The summed E-state index contributed by atoms with van der Waals surface area (Å²) in [6.07, 6.45) is 4.06. The van der Waals surface area contributed by atoms with Gasteiger partial charge in [-0.1, -0.05) is 84.4 Å². The average molecular weight is 503 g/mol. The molecule has 0 aliphatic carbocycles. The summed E-state index contributed by atoms with van der Waals surface area (Å²) in [5, 5.41) is 0. The molecule has 1 saturated heterocycles. The van der Waals surface area contributed by atoms with Gasteiger partial charge in [0, 0.05) is 44.7 Å². The van der Waals surface area contributed by atoms with E-state index in [1.54, 1.807) is 23.5 Å². The molecule has 0 N–H and O–H groups in total. The van der Waals surface area contributed by atoms with Gasteiger partial charge in [0.15, 0.2) is 0 Å². The van der Waals surface area contributed by atoms with Crippen molar-refractivity contribution in [2.24, 2.45) is 0 Å². The Balaban J connectivity index is 1.46. The second kappa shape index (κ2) is 10.3. The number of rotatable bonds is 6. The lowest BCUT2D eigenvalue weighted by molar-refractivity contribution is -0.0508. The summed E-state index contributed by atoms with van der Waals surface area (Å²) in [5.74, 6) is 0.192. The van der Waals surface area contributed by atoms with E-state index in [1.165, 1.54) is 22.3 Å². The maximum Gasteiger partial charge on any atom is 0.243 e. The number of benzene rings is 3. The van der Waals surface area contributed by atoms with Gasteiger partial charge in [0.05, 0.1) is 11.5 Å². The van der Waals surface area contributed by atoms with E-state index in [2.05, 4.69) is 66.4 Å². The molecule has 0 saturated carbocycles. The van der Waals surface area contributed by atoms with Gasteiger partial charge in [0.25, 0.3) is 0 Å². The molecular weight excluding hydrogens is 468 g/mol. The summed E-state index contributed by atoms with van der Waals surface area (Å²) < 4.78 is 34.6. The Morgan fingerprint density at radius 2 is 1.64 bits per heavy atom. The number of nitrogens with zero attached hydrogens (tertiary/aromatic N) is 2. The summed E-state index contributed by atoms with van der Waals surface area (Å²) >= 11 is 0. The van der Waals surface area contributed by atoms with Gasteiger partial charge >= 0.3 is 0 Å². The highest BCUT2D eigenvalue weighted by molar-refractivity contribution is 7.89. The molecule has 6 heteroatoms. The van der Waals surface area contributed by atoms with Crippen molar-refractivity contribution in [3.63, 3.8) is 0 Å². The Hall–Kier alpha value is -2.77. The molecule has 1 fully saturated rings. The lowest BCUT2D eigenvalue weighted by Gasteiger charge is -2.56. The highest BCUT2D eigenvalue weighted by atomic mass is 32.2. The minimum absolute atomic E-state index is 0.0821. The molecule has 2 aliphatic rings. The highest BCUT2D eigenvalue weighted by Crippen LogP contribution is 2.43. The smallest absolute Gasteiger partial charge is 0.243 e. The number of aryl methyl sites for hydroxylation is 2. The van der Waals surface area contributed by atoms with Crippen LogP contribution in [0.3, 0.4) is 0 Å². The van der Waals surface area contributed by atoms with Gasteiger partial charge in [-0.05, 0) is 42.2 Å². The maximum absolute atomic E-state index is 13.7. The average Bonchev–Trinajstić information content (AvgIpc) is 2.85. The fourth-order valence-corrected chi connectivity index (χ4v) is 7.33. The third-order valence-corrected chi connectivity index (χ3v) is 9.55. The molecule has 5 rings (SSSR count). The van der Waals surface area contributed by atoms with Crippen LogP contribution in [0.25, 0.3) is 11.1 Å². The van der Waals surface area contributed by atoms with E-state index in [1.807, 2.05) is 25.1 Å². The molecule has 0 amide bonds. The minimum Gasteiger partial charge on any atom is -0.383 e. The van der Waals surface area contributed by atoms with Crippen LogP contribution in [0.15, 0.2) is 89.8 Å². The predicted octanol–water partition coefficient (Wildman–Crippen LogP) is 5.01.